The molecule has 0 aromatic rings. The molecule has 0 fully saturated rings. The summed E-state index contributed by atoms with van der Waals surface area (Å²) in [6.45, 7) is 3.12. The molecule has 0 saturated carbocycles. The number of carboxylic acids is 1. The molecular weight excluding hydrogens is 377 g/mol. The standard InChI is InChI=1S/C23H47NO2S.Na.H/c1-3-4-5-6-7-8-9-10-11-12-13-14-15-16-17-18-20-24-22(23(25)26)19-21-27-2;;/h22,24H,3-21H2,1-2H3,(H,25,26);;. The van der Waals surface area contributed by atoms with E-state index < -0.39 is 5.97 Å². The van der Waals surface area contributed by atoms with Crippen LogP contribution in [0, 0.1) is 0 Å². The van der Waals surface area contributed by atoms with Crippen molar-refractivity contribution in [3.8, 4) is 0 Å². The van der Waals surface area contributed by atoms with Crippen LogP contribution in [0.1, 0.15) is 116 Å². The Kier molecular flexibility index (Phi) is 28.6. The van der Waals surface area contributed by atoms with Gasteiger partial charge in [0.05, 0.1) is 0 Å². The summed E-state index contributed by atoms with van der Waals surface area (Å²) in [5, 5.41) is 12.4. The zero-order valence-electron chi connectivity index (χ0n) is 18.3. The molecule has 0 aliphatic rings. The molecule has 28 heavy (non-hydrogen) atoms. The summed E-state index contributed by atoms with van der Waals surface area (Å²) in [5.74, 6) is 0.198. The average molecular weight is 426 g/mol. The first-order valence-electron chi connectivity index (χ1n) is 11.7. The molecule has 0 radical (unpaired) electrons. The first kappa shape index (κ1) is 31.0. The second-order valence-corrected chi connectivity index (χ2v) is 8.92. The molecule has 164 valence electrons. The summed E-state index contributed by atoms with van der Waals surface area (Å²) in [6.07, 6.45) is 24.7. The van der Waals surface area contributed by atoms with Crippen molar-refractivity contribution >= 4 is 47.3 Å². The van der Waals surface area contributed by atoms with Crippen LogP contribution < -0.4 is 5.32 Å². The van der Waals surface area contributed by atoms with Gasteiger partial charge in [-0.25, -0.2) is 0 Å². The van der Waals surface area contributed by atoms with Crippen molar-refractivity contribution in [2.75, 3.05) is 18.6 Å². The number of hydrogen-bond acceptors (Lipinski definition) is 3. The maximum atomic E-state index is 11.1. The average Bonchev–Trinajstić information content (AvgIpc) is 2.66. The van der Waals surface area contributed by atoms with E-state index in [2.05, 4.69) is 12.2 Å². The Bertz CT molecular complexity index is 319. The van der Waals surface area contributed by atoms with Gasteiger partial charge in [-0.15, -0.1) is 0 Å². The minimum absolute atomic E-state index is 0. The van der Waals surface area contributed by atoms with Crippen LogP contribution in [-0.4, -0.2) is 65.2 Å². The molecule has 2 N–H and O–H groups in total. The number of nitrogens with one attached hydrogen (secondary N) is 1. The van der Waals surface area contributed by atoms with Crippen LogP contribution in [0.15, 0.2) is 0 Å². The van der Waals surface area contributed by atoms with Crippen LogP contribution in [0.5, 0.6) is 0 Å². The Morgan fingerprint density at radius 2 is 1.18 bits per heavy atom. The van der Waals surface area contributed by atoms with Gasteiger partial charge in [-0.05, 0) is 31.4 Å². The van der Waals surface area contributed by atoms with Crippen LogP contribution in [0.25, 0.3) is 0 Å². The molecule has 0 aromatic heterocycles. The van der Waals surface area contributed by atoms with E-state index in [9.17, 15) is 4.79 Å². The van der Waals surface area contributed by atoms with Gasteiger partial charge in [0.25, 0.3) is 0 Å². The SMILES string of the molecule is CCCCCCCCCCCCCCCCCCNC(CCSC)C(=O)O.[NaH]. The number of rotatable bonds is 22. The molecule has 0 spiro atoms. The number of unbranched alkanes of at least 4 members (excludes halogenated alkanes) is 15. The van der Waals surface area contributed by atoms with Crippen molar-refractivity contribution in [2.24, 2.45) is 0 Å². The Hall–Kier alpha value is 0.780. The summed E-state index contributed by atoms with van der Waals surface area (Å²) < 4.78 is 0. The van der Waals surface area contributed by atoms with Gasteiger partial charge in [-0.1, -0.05) is 103 Å². The first-order chi connectivity index (χ1) is 13.2. The van der Waals surface area contributed by atoms with Crippen molar-refractivity contribution in [3.05, 3.63) is 0 Å². The van der Waals surface area contributed by atoms with Crippen molar-refractivity contribution < 1.29 is 9.90 Å². The topological polar surface area (TPSA) is 49.3 Å². The summed E-state index contributed by atoms with van der Waals surface area (Å²) in [6, 6.07) is -0.367. The molecule has 1 atom stereocenters. The van der Waals surface area contributed by atoms with Gasteiger partial charge in [-0.3, -0.25) is 4.79 Å². The normalized spacial score (nSPS) is 11.9. The summed E-state index contributed by atoms with van der Waals surface area (Å²) in [7, 11) is 0. The van der Waals surface area contributed by atoms with Gasteiger partial charge in [0.2, 0.25) is 0 Å². The van der Waals surface area contributed by atoms with Crippen molar-refractivity contribution in [2.45, 2.75) is 122 Å². The van der Waals surface area contributed by atoms with Gasteiger partial charge in [0.1, 0.15) is 6.04 Å². The van der Waals surface area contributed by atoms with Crippen molar-refractivity contribution in [3.63, 3.8) is 0 Å². The van der Waals surface area contributed by atoms with Crippen molar-refractivity contribution in [1.29, 1.82) is 0 Å². The Balaban J connectivity index is 0. The van der Waals surface area contributed by atoms with E-state index >= 15 is 0 Å². The molecule has 3 nitrogen and oxygen atoms in total. The zero-order valence-corrected chi connectivity index (χ0v) is 19.1. The molecule has 0 saturated heterocycles. The molecule has 1 unspecified atom stereocenters. The van der Waals surface area contributed by atoms with Gasteiger partial charge in [0, 0.05) is 0 Å². The predicted molar refractivity (Wildman–Crippen MR) is 129 cm³/mol. The van der Waals surface area contributed by atoms with E-state index in [0.717, 1.165) is 25.1 Å². The van der Waals surface area contributed by atoms with E-state index in [1.54, 1.807) is 11.8 Å². The fraction of sp³-hybridized carbons (Fsp3) is 0.957. The fourth-order valence-electron chi connectivity index (χ4n) is 3.50. The van der Waals surface area contributed by atoms with Gasteiger partial charge in [-0.2, -0.15) is 11.8 Å². The zero-order chi connectivity index (χ0) is 20.0. The Labute approximate surface area is 202 Å². The molecule has 0 heterocycles. The number of aliphatic carboxylic acids is 1. The minimum atomic E-state index is -0.708. The maximum absolute atomic E-state index is 11.1. The van der Waals surface area contributed by atoms with E-state index in [1.807, 2.05) is 6.26 Å². The quantitative estimate of drug-likeness (QED) is 0.156. The van der Waals surface area contributed by atoms with E-state index in [4.69, 9.17) is 5.11 Å². The summed E-state index contributed by atoms with van der Waals surface area (Å²) in [4.78, 5) is 11.1. The first-order valence-corrected chi connectivity index (χ1v) is 13.1. The molecule has 0 aromatic carbocycles. The van der Waals surface area contributed by atoms with Gasteiger partial charge in [0.15, 0.2) is 0 Å². The third-order valence-corrected chi connectivity index (χ3v) is 5.97. The Morgan fingerprint density at radius 1 is 0.786 bits per heavy atom. The third-order valence-electron chi connectivity index (χ3n) is 5.33. The van der Waals surface area contributed by atoms with Crippen molar-refractivity contribution in [1.82, 2.24) is 5.32 Å². The van der Waals surface area contributed by atoms with E-state index in [-0.39, 0.29) is 35.6 Å². The summed E-state index contributed by atoms with van der Waals surface area (Å²) in [5.41, 5.74) is 0. The van der Waals surface area contributed by atoms with Gasteiger partial charge >= 0.3 is 35.5 Å². The number of carbonyl (C=O) groups is 1. The molecular formula is C23H48NNaO2S. The predicted octanol–water partition coefficient (Wildman–Crippen LogP) is 6.40. The number of carboxylic acid groups (broad SMARTS) is 1. The Morgan fingerprint density at radius 3 is 1.54 bits per heavy atom. The molecule has 0 aliphatic carbocycles. The van der Waals surface area contributed by atoms with Crippen LogP contribution in [-0.2, 0) is 4.79 Å². The second kappa shape index (κ2) is 25.8. The molecule has 0 bridgehead atoms. The third kappa shape index (κ3) is 23.1. The van der Waals surface area contributed by atoms with Crippen LogP contribution >= 0.6 is 11.8 Å². The van der Waals surface area contributed by atoms with Gasteiger partial charge < -0.3 is 10.4 Å². The molecule has 5 heteroatoms. The fourth-order valence-corrected chi connectivity index (χ4v) is 3.97. The number of thioether (sulfide) groups is 1. The molecule has 0 aliphatic heterocycles. The van der Waals surface area contributed by atoms with E-state index in [1.165, 1.54) is 96.3 Å². The van der Waals surface area contributed by atoms with E-state index in [0.29, 0.717) is 0 Å². The van der Waals surface area contributed by atoms with Crippen LogP contribution in [0.4, 0.5) is 0 Å². The second-order valence-electron chi connectivity index (χ2n) is 7.93. The molecule has 0 rings (SSSR count). The monoisotopic (exact) mass is 425 g/mol. The van der Waals surface area contributed by atoms with Crippen LogP contribution in [0.2, 0.25) is 0 Å². The van der Waals surface area contributed by atoms with Crippen LogP contribution in [0.3, 0.4) is 0 Å². The number of hydrogen-bond donors (Lipinski definition) is 2. The molecule has 0 amide bonds. The summed E-state index contributed by atoms with van der Waals surface area (Å²) >= 11 is 1.71.